The maximum atomic E-state index is 13.4. The van der Waals surface area contributed by atoms with E-state index < -0.39 is 16.1 Å². The van der Waals surface area contributed by atoms with Crippen LogP contribution in [0.2, 0.25) is 0 Å². The number of nitrogens with zero attached hydrogens (tertiary/aromatic N) is 2. The van der Waals surface area contributed by atoms with Gasteiger partial charge in [-0.05, 0) is 68.7 Å². The molecule has 0 aliphatic heterocycles. The number of hydrogen-bond acceptors (Lipinski definition) is 6. The number of benzene rings is 2. The van der Waals surface area contributed by atoms with Crippen LogP contribution in [0.1, 0.15) is 45.6 Å². The standard InChI is InChI=1S/C27H39N3O6S/c1-6-25(27(32)28-7-2)29(20-21-11-15-23(35-4)16-12-21)26(31)10-9-19-30(37(5,33)34)22-13-17-24(18-14-22)36-8-3/h11-18,25H,6-10,19-20H2,1-5H3,(H,28,32). The minimum absolute atomic E-state index is 0.0924. The van der Waals surface area contributed by atoms with Crippen molar-refractivity contribution in [2.75, 3.05) is 37.4 Å². The maximum absolute atomic E-state index is 13.4. The van der Waals surface area contributed by atoms with E-state index in [2.05, 4.69) is 5.32 Å². The molecule has 1 unspecified atom stereocenters. The third-order valence-electron chi connectivity index (χ3n) is 5.84. The largest absolute Gasteiger partial charge is 0.497 e. The molecule has 204 valence electrons. The molecule has 2 amide bonds. The smallest absolute Gasteiger partial charge is 0.242 e. The van der Waals surface area contributed by atoms with E-state index in [1.807, 2.05) is 45.0 Å². The topological polar surface area (TPSA) is 105 Å². The zero-order chi connectivity index (χ0) is 27.4. The molecule has 0 heterocycles. The van der Waals surface area contributed by atoms with Crippen LogP contribution in [-0.2, 0) is 26.2 Å². The molecule has 0 aliphatic rings. The van der Waals surface area contributed by atoms with Gasteiger partial charge in [0.2, 0.25) is 21.8 Å². The minimum Gasteiger partial charge on any atom is -0.497 e. The van der Waals surface area contributed by atoms with Crippen molar-refractivity contribution in [2.45, 2.75) is 52.6 Å². The lowest BCUT2D eigenvalue weighted by molar-refractivity contribution is -0.141. The van der Waals surface area contributed by atoms with Gasteiger partial charge in [-0.2, -0.15) is 0 Å². The summed E-state index contributed by atoms with van der Waals surface area (Å²) in [7, 11) is -1.98. The number of sulfonamides is 1. The number of hydrogen-bond donors (Lipinski definition) is 1. The van der Waals surface area contributed by atoms with Gasteiger partial charge >= 0.3 is 0 Å². The lowest BCUT2D eigenvalue weighted by Crippen LogP contribution is -2.49. The van der Waals surface area contributed by atoms with Crippen LogP contribution in [0.4, 0.5) is 5.69 Å². The molecule has 1 atom stereocenters. The molecule has 2 aromatic rings. The number of nitrogens with one attached hydrogen (secondary N) is 1. The zero-order valence-electron chi connectivity index (χ0n) is 22.4. The summed E-state index contributed by atoms with van der Waals surface area (Å²) in [5.74, 6) is 0.931. The number of ether oxygens (including phenoxy) is 2. The minimum atomic E-state index is -3.57. The van der Waals surface area contributed by atoms with Crippen LogP contribution >= 0.6 is 0 Å². The van der Waals surface area contributed by atoms with Crippen molar-refractivity contribution >= 4 is 27.5 Å². The SMILES string of the molecule is CCNC(=O)C(CC)N(Cc1ccc(OC)cc1)C(=O)CCCN(c1ccc(OCC)cc1)S(C)(=O)=O. The predicted molar refractivity (Wildman–Crippen MR) is 145 cm³/mol. The highest BCUT2D eigenvalue weighted by molar-refractivity contribution is 7.92. The van der Waals surface area contributed by atoms with Gasteiger partial charge in [-0.3, -0.25) is 13.9 Å². The Morgan fingerprint density at radius 3 is 2.11 bits per heavy atom. The van der Waals surface area contributed by atoms with Crippen LogP contribution < -0.4 is 19.1 Å². The maximum Gasteiger partial charge on any atom is 0.242 e. The van der Waals surface area contributed by atoms with E-state index in [-0.39, 0.29) is 31.3 Å². The Balaban J connectivity index is 2.18. The summed E-state index contributed by atoms with van der Waals surface area (Å²) in [5.41, 5.74) is 1.37. The van der Waals surface area contributed by atoms with Crippen molar-refractivity contribution < 1.29 is 27.5 Å². The van der Waals surface area contributed by atoms with Gasteiger partial charge in [0.05, 0.1) is 25.7 Å². The summed E-state index contributed by atoms with van der Waals surface area (Å²) >= 11 is 0. The van der Waals surface area contributed by atoms with Crippen LogP contribution in [0.25, 0.3) is 0 Å². The van der Waals surface area contributed by atoms with Crippen molar-refractivity contribution in [1.29, 1.82) is 0 Å². The lowest BCUT2D eigenvalue weighted by Gasteiger charge is -2.31. The summed E-state index contributed by atoms with van der Waals surface area (Å²) in [6.45, 7) is 6.94. The fraction of sp³-hybridized carbons (Fsp3) is 0.481. The number of carbonyl (C=O) groups excluding carboxylic acids is 2. The first-order valence-electron chi connectivity index (χ1n) is 12.5. The van der Waals surface area contributed by atoms with E-state index >= 15 is 0 Å². The molecule has 0 fully saturated rings. The Bertz CT molecular complexity index is 1100. The molecule has 0 saturated carbocycles. The molecule has 2 rings (SSSR count). The molecular weight excluding hydrogens is 494 g/mol. The fourth-order valence-electron chi connectivity index (χ4n) is 4.02. The average molecular weight is 534 g/mol. The van der Waals surface area contributed by atoms with Gasteiger partial charge < -0.3 is 19.7 Å². The third-order valence-corrected chi connectivity index (χ3v) is 7.03. The summed E-state index contributed by atoms with van der Waals surface area (Å²) in [4.78, 5) is 27.7. The van der Waals surface area contributed by atoms with E-state index in [4.69, 9.17) is 9.47 Å². The Hall–Kier alpha value is -3.27. The highest BCUT2D eigenvalue weighted by Gasteiger charge is 2.28. The first-order chi connectivity index (χ1) is 17.6. The summed E-state index contributed by atoms with van der Waals surface area (Å²) in [6.07, 6.45) is 1.98. The number of amides is 2. The van der Waals surface area contributed by atoms with Gasteiger partial charge in [-0.1, -0.05) is 19.1 Å². The summed E-state index contributed by atoms with van der Waals surface area (Å²) < 4.78 is 36.9. The molecular formula is C27H39N3O6S. The second kappa shape index (κ2) is 14.5. The number of methoxy groups -OCH3 is 1. The van der Waals surface area contributed by atoms with E-state index in [0.29, 0.717) is 43.2 Å². The molecule has 0 radical (unpaired) electrons. The average Bonchev–Trinajstić information content (AvgIpc) is 2.87. The van der Waals surface area contributed by atoms with Crippen LogP contribution in [0, 0.1) is 0 Å². The first-order valence-corrected chi connectivity index (χ1v) is 14.4. The van der Waals surface area contributed by atoms with Gasteiger partial charge in [-0.15, -0.1) is 0 Å². The van der Waals surface area contributed by atoms with Gasteiger partial charge in [0.25, 0.3) is 0 Å². The van der Waals surface area contributed by atoms with Gasteiger partial charge in [0.1, 0.15) is 17.5 Å². The third kappa shape index (κ3) is 8.96. The van der Waals surface area contributed by atoms with E-state index in [9.17, 15) is 18.0 Å². The second-order valence-electron chi connectivity index (χ2n) is 8.55. The normalized spacial score (nSPS) is 11.9. The highest BCUT2D eigenvalue weighted by Crippen LogP contribution is 2.23. The summed E-state index contributed by atoms with van der Waals surface area (Å²) in [6, 6.07) is 13.5. The zero-order valence-corrected chi connectivity index (χ0v) is 23.2. The van der Waals surface area contributed by atoms with Crippen molar-refractivity contribution in [3.63, 3.8) is 0 Å². The van der Waals surface area contributed by atoms with Gasteiger partial charge in [-0.25, -0.2) is 8.42 Å². The molecule has 0 spiro atoms. The van der Waals surface area contributed by atoms with Crippen LogP contribution in [-0.4, -0.2) is 64.2 Å². The number of anilines is 1. The van der Waals surface area contributed by atoms with Gasteiger partial charge in [0, 0.05) is 26.1 Å². The Morgan fingerprint density at radius 1 is 0.973 bits per heavy atom. The Morgan fingerprint density at radius 2 is 1.59 bits per heavy atom. The Kier molecular flexibility index (Phi) is 11.7. The second-order valence-corrected chi connectivity index (χ2v) is 10.5. The van der Waals surface area contributed by atoms with Crippen molar-refractivity contribution in [2.24, 2.45) is 0 Å². The molecule has 10 heteroatoms. The predicted octanol–water partition coefficient (Wildman–Crippen LogP) is 3.58. The van der Waals surface area contributed by atoms with Crippen LogP contribution in [0.15, 0.2) is 48.5 Å². The fourth-order valence-corrected chi connectivity index (χ4v) is 4.98. The lowest BCUT2D eigenvalue weighted by atomic mass is 10.1. The molecule has 9 nitrogen and oxygen atoms in total. The molecule has 2 aromatic carbocycles. The molecule has 37 heavy (non-hydrogen) atoms. The quantitative estimate of drug-likeness (QED) is 0.375. The van der Waals surface area contributed by atoms with Crippen molar-refractivity contribution in [3.05, 3.63) is 54.1 Å². The molecule has 0 bridgehead atoms. The molecule has 0 saturated heterocycles. The molecule has 0 aliphatic carbocycles. The van der Waals surface area contributed by atoms with Crippen LogP contribution in [0.3, 0.4) is 0 Å². The van der Waals surface area contributed by atoms with E-state index in [1.165, 1.54) is 4.31 Å². The van der Waals surface area contributed by atoms with E-state index in [0.717, 1.165) is 11.8 Å². The number of carbonyl (C=O) groups is 2. The first kappa shape index (κ1) is 30.0. The Labute approximate surface area is 220 Å². The van der Waals surface area contributed by atoms with Crippen LogP contribution in [0.5, 0.6) is 11.5 Å². The van der Waals surface area contributed by atoms with E-state index in [1.54, 1.807) is 36.3 Å². The number of rotatable bonds is 15. The highest BCUT2D eigenvalue weighted by atomic mass is 32.2. The van der Waals surface area contributed by atoms with Crippen molar-refractivity contribution in [1.82, 2.24) is 10.2 Å². The molecule has 1 N–H and O–H groups in total. The molecule has 0 aromatic heterocycles. The number of likely N-dealkylation sites (N-methyl/N-ethyl adjacent to an activating group) is 1. The summed E-state index contributed by atoms with van der Waals surface area (Å²) in [5, 5.41) is 2.81. The van der Waals surface area contributed by atoms with Gasteiger partial charge in [0.15, 0.2) is 0 Å². The monoisotopic (exact) mass is 533 g/mol. The van der Waals surface area contributed by atoms with Crippen molar-refractivity contribution in [3.8, 4) is 11.5 Å².